The zero-order valence-corrected chi connectivity index (χ0v) is 64.4. The third-order valence-corrected chi connectivity index (χ3v) is 25.1. The molecule has 4 aliphatic heterocycles. The van der Waals surface area contributed by atoms with Crippen molar-refractivity contribution >= 4 is 176 Å². The average molecular weight is 1630 g/mol. The van der Waals surface area contributed by atoms with Crippen molar-refractivity contribution in [3.05, 3.63) is 370 Å². The summed E-state index contributed by atoms with van der Waals surface area (Å²) in [5.74, 6) is 0. The highest BCUT2D eigenvalue weighted by molar-refractivity contribution is 9.11. The highest BCUT2D eigenvalue weighted by Crippen LogP contribution is 2.57. The van der Waals surface area contributed by atoms with Crippen molar-refractivity contribution in [2.45, 2.75) is 0 Å². The zero-order chi connectivity index (χ0) is 71.6. The third kappa shape index (κ3) is 9.83. The van der Waals surface area contributed by atoms with Gasteiger partial charge in [0.15, 0.2) is 0 Å². The molecule has 8 heteroatoms. The van der Waals surface area contributed by atoms with Crippen molar-refractivity contribution in [2.24, 2.45) is 0 Å². The Labute approximate surface area is 661 Å². The van der Waals surface area contributed by atoms with E-state index in [1.807, 2.05) is 0 Å². The van der Waals surface area contributed by atoms with E-state index in [9.17, 15) is 0 Å². The number of nitrogens with zero attached hydrogens (tertiary/aromatic N) is 2. The Morgan fingerprint density at radius 3 is 0.815 bits per heavy atom. The van der Waals surface area contributed by atoms with Crippen LogP contribution in [0.2, 0.25) is 0 Å². The summed E-state index contributed by atoms with van der Waals surface area (Å²) in [4.78, 5) is 5.02. The number of para-hydroxylation sites is 2. The van der Waals surface area contributed by atoms with Crippen LogP contribution in [0.5, 0.6) is 0 Å². The molecule has 0 saturated heterocycles. The Kier molecular flexibility index (Phi) is 14.9. The van der Waals surface area contributed by atoms with Gasteiger partial charge >= 0.3 is 0 Å². The Hall–Kier alpha value is -11.4. The minimum Gasteiger partial charge on any atom is -0.311 e. The number of benzene rings is 18. The summed E-state index contributed by atoms with van der Waals surface area (Å²) < 4.78 is 4.07. The summed E-state index contributed by atoms with van der Waals surface area (Å²) in [5, 5.41) is 7.50. The standard InChI is InChI=1S/C100H58B2Br4N2/c103-67-41-43-85-89(51-67)108(72-39-23-8-24-40-72)92-54-70(106)50-84-80-56-78(94-75(63-33-17-5-18-34-63)47-66(60-27-11-2-12-28-60)48-76(94)64-35-19-6-20-36-64)82-58-88-95-79(83-49-69(105)53-91-99(83)102(88)86-44-42-68(104)52-90(86)107(91)71-37-21-7-22-38-71)55-77(81-57-87(101(85)100(84)92)96(80)98(82)97(81)95)93-73(61-29-13-3-14-30-61)45-65(59-25-9-1-10-26-59)46-74(93)62-31-15-4-16-32-62/h1-58H. The first-order valence-electron chi connectivity index (χ1n) is 36.8. The van der Waals surface area contributed by atoms with E-state index in [1.54, 1.807) is 0 Å². The lowest BCUT2D eigenvalue weighted by atomic mass is 9.31. The molecule has 18 aromatic carbocycles. The lowest BCUT2D eigenvalue weighted by Crippen LogP contribution is -2.60. The van der Waals surface area contributed by atoms with Crippen molar-refractivity contribution in [1.29, 1.82) is 0 Å². The van der Waals surface area contributed by atoms with Gasteiger partial charge in [-0.25, -0.2) is 0 Å². The molecule has 0 saturated carbocycles. The summed E-state index contributed by atoms with van der Waals surface area (Å²) >= 11 is 16.7. The fraction of sp³-hybridized carbons (Fsp3) is 0. The molecule has 2 nitrogen and oxygen atoms in total. The van der Waals surface area contributed by atoms with Crippen molar-refractivity contribution in [3.63, 3.8) is 0 Å². The smallest absolute Gasteiger partial charge is 0.248 e. The molecule has 0 amide bonds. The largest absolute Gasteiger partial charge is 0.311 e. The predicted octanol–water partition coefficient (Wildman–Crippen LogP) is 25.5. The van der Waals surface area contributed by atoms with Gasteiger partial charge in [0.2, 0.25) is 13.4 Å². The number of hydrogen-bond acceptors (Lipinski definition) is 2. The normalized spacial score (nSPS) is 12.7. The van der Waals surface area contributed by atoms with Crippen molar-refractivity contribution in [2.75, 3.05) is 9.80 Å². The molecule has 0 atom stereocenters. The molecule has 0 radical (unpaired) electrons. The third-order valence-electron chi connectivity index (χ3n) is 23.2. The molecule has 0 aliphatic carbocycles. The fourth-order valence-corrected chi connectivity index (χ4v) is 20.5. The van der Waals surface area contributed by atoms with Crippen LogP contribution in [-0.4, -0.2) is 13.4 Å². The van der Waals surface area contributed by atoms with Gasteiger partial charge in [0.05, 0.1) is 0 Å². The minimum atomic E-state index is -0.199. The van der Waals surface area contributed by atoms with E-state index in [0.29, 0.717) is 0 Å². The van der Waals surface area contributed by atoms with Gasteiger partial charge in [-0.15, -0.1) is 0 Å². The van der Waals surface area contributed by atoms with Crippen LogP contribution >= 0.6 is 63.7 Å². The average Bonchev–Trinajstić information content (AvgIpc) is 0.661. The van der Waals surface area contributed by atoms with Gasteiger partial charge in [0.25, 0.3) is 0 Å². The second kappa shape index (κ2) is 25.1. The summed E-state index contributed by atoms with van der Waals surface area (Å²) in [6.45, 7) is -0.397. The lowest BCUT2D eigenvalue weighted by Gasteiger charge is -2.42. The molecule has 0 spiro atoms. The Balaban J connectivity index is 1.00. The molecular formula is C100H58B2Br4N2. The van der Waals surface area contributed by atoms with Gasteiger partial charge in [0, 0.05) is 52.0 Å². The molecular weight excluding hydrogens is 1570 g/mol. The molecule has 18 aromatic rings. The molecule has 22 rings (SSSR count). The van der Waals surface area contributed by atoms with Gasteiger partial charge in [-0.1, -0.05) is 317 Å². The zero-order valence-electron chi connectivity index (χ0n) is 58.0. The van der Waals surface area contributed by atoms with E-state index < -0.39 is 0 Å². The monoisotopic (exact) mass is 1620 g/mol. The van der Waals surface area contributed by atoms with Gasteiger partial charge < -0.3 is 9.80 Å². The molecule has 0 N–H and O–H groups in total. The molecule has 4 heterocycles. The maximum absolute atomic E-state index is 4.29. The molecule has 4 aliphatic rings. The SMILES string of the molecule is Brc1ccc2c(c1)N(c1ccccc1)c1cc(Br)cc3c1B2c1cc2c(-c4c(-c5ccccc5)cc(-c5ccccc5)cc4-c4ccccc4)cc4c5c(cc6c(-c7c(-c8ccccc8)cc(-c8ccccc8)cc7-c7ccccc7)cc-3c1c6c25)B1c2ccc(Br)cc2N(c2ccccc2)c2cc(Br)cc-4c21. The summed E-state index contributed by atoms with van der Waals surface area (Å²) in [6, 6.07) is 133. The van der Waals surface area contributed by atoms with E-state index in [2.05, 4.69) is 425 Å². The van der Waals surface area contributed by atoms with Crippen LogP contribution in [0.3, 0.4) is 0 Å². The van der Waals surface area contributed by atoms with E-state index in [-0.39, 0.29) is 13.4 Å². The van der Waals surface area contributed by atoms with Crippen molar-refractivity contribution < 1.29 is 0 Å². The summed E-state index contributed by atoms with van der Waals surface area (Å²) in [6.07, 6.45) is 0. The van der Waals surface area contributed by atoms with E-state index in [0.717, 1.165) is 119 Å². The first-order chi connectivity index (χ1) is 53.2. The lowest BCUT2D eigenvalue weighted by molar-refractivity contribution is 1.29. The van der Waals surface area contributed by atoms with Crippen LogP contribution in [0, 0.1) is 0 Å². The Bertz CT molecular complexity index is 6230. The topological polar surface area (TPSA) is 6.48 Å². The van der Waals surface area contributed by atoms with Crippen LogP contribution in [0.25, 0.3) is 144 Å². The number of anilines is 6. The first-order valence-corrected chi connectivity index (χ1v) is 39.9. The van der Waals surface area contributed by atoms with Crippen LogP contribution in [0.4, 0.5) is 34.1 Å². The summed E-state index contributed by atoms with van der Waals surface area (Å²) in [7, 11) is 0. The first kappa shape index (κ1) is 63.9. The number of fused-ring (bicyclic) bond motifs is 8. The molecule has 0 fully saturated rings. The quantitative estimate of drug-likeness (QED) is 0.0995. The van der Waals surface area contributed by atoms with Gasteiger partial charge in [-0.3, -0.25) is 0 Å². The van der Waals surface area contributed by atoms with Crippen LogP contribution in [0.15, 0.2) is 370 Å². The maximum atomic E-state index is 4.29. The van der Waals surface area contributed by atoms with E-state index in [1.165, 1.54) is 110 Å². The predicted molar refractivity (Wildman–Crippen MR) is 474 cm³/mol. The van der Waals surface area contributed by atoms with E-state index >= 15 is 0 Å². The Morgan fingerprint density at radius 1 is 0.194 bits per heavy atom. The van der Waals surface area contributed by atoms with Crippen molar-refractivity contribution in [3.8, 4) is 111 Å². The van der Waals surface area contributed by atoms with Gasteiger partial charge in [-0.2, -0.15) is 0 Å². The molecule has 0 bridgehead atoms. The van der Waals surface area contributed by atoms with Gasteiger partial charge in [-0.05, 0) is 275 Å². The molecule has 0 aromatic heterocycles. The highest BCUT2D eigenvalue weighted by atomic mass is 79.9. The van der Waals surface area contributed by atoms with Crippen molar-refractivity contribution in [1.82, 2.24) is 0 Å². The second-order valence-corrected chi connectivity index (χ2v) is 32.6. The summed E-state index contributed by atoms with van der Waals surface area (Å²) in [5.41, 5.74) is 37.8. The second-order valence-electron chi connectivity index (χ2n) is 28.9. The van der Waals surface area contributed by atoms with Crippen LogP contribution < -0.4 is 42.6 Å². The number of halogens is 4. The van der Waals surface area contributed by atoms with E-state index in [4.69, 9.17) is 0 Å². The van der Waals surface area contributed by atoms with Crippen LogP contribution in [0.1, 0.15) is 0 Å². The molecule has 108 heavy (non-hydrogen) atoms. The molecule has 502 valence electrons. The van der Waals surface area contributed by atoms with Crippen LogP contribution in [-0.2, 0) is 0 Å². The minimum absolute atomic E-state index is 0.199. The number of hydrogen-bond donors (Lipinski definition) is 0. The highest BCUT2D eigenvalue weighted by Gasteiger charge is 2.47. The molecule has 0 unspecified atom stereocenters. The van der Waals surface area contributed by atoms with Gasteiger partial charge in [0.1, 0.15) is 0 Å². The fourth-order valence-electron chi connectivity index (χ4n) is 18.9. The Morgan fingerprint density at radius 2 is 0.491 bits per heavy atom. The number of rotatable bonds is 10. The maximum Gasteiger partial charge on any atom is 0.248 e.